The fourth-order valence-electron chi connectivity index (χ4n) is 2.89. The molecule has 1 N–H and O–H groups in total. The van der Waals surface area contributed by atoms with Gasteiger partial charge in [0.1, 0.15) is 0 Å². The number of halogens is 1. The van der Waals surface area contributed by atoms with Gasteiger partial charge in [0.2, 0.25) is 0 Å². The highest BCUT2D eigenvalue weighted by Crippen LogP contribution is 2.22. The summed E-state index contributed by atoms with van der Waals surface area (Å²) in [5.74, 6) is -0.0820. The zero-order valence-electron chi connectivity index (χ0n) is 13.1. The monoisotopic (exact) mass is 372 g/mol. The lowest BCUT2D eigenvalue weighted by atomic mass is 10.1. The molecule has 1 aliphatic heterocycles. The van der Waals surface area contributed by atoms with Crippen molar-refractivity contribution in [3.8, 4) is 0 Å². The maximum atomic E-state index is 12.3. The van der Waals surface area contributed by atoms with Crippen molar-refractivity contribution in [2.45, 2.75) is 25.8 Å². The summed E-state index contributed by atoms with van der Waals surface area (Å²) in [6, 6.07) is 15.6. The molecule has 0 aromatic heterocycles. The van der Waals surface area contributed by atoms with Crippen molar-refractivity contribution in [3.63, 3.8) is 0 Å². The van der Waals surface area contributed by atoms with Gasteiger partial charge in [-0.1, -0.05) is 30.7 Å². The molecule has 0 radical (unpaired) electrons. The summed E-state index contributed by atoms with van der Waals surface area (Å²) in [4.78, 5) is 14.8. The maximum absolute atomic E-state index is 12.3. The lowest BCUT2D eigenvalue weighted by molar-refractivity contribution is 0.102. The van der Waals surface area contributed by atoms with E-state index in [1.807, 2.05) is 36.4 Å². The number of nitrogens with zero attached hydrogens (tertiary/aromatic N) is 1. The van der Waals surface area contributed by atoms with Crippen LogP contribution in [0.5, 0.6) is 0 Å². The highest BCUT2D eigenvalue weighted by molar-refractivity contribution is 9.10. The molecule has 2 aromatic rings. The van der Waals surface area contributed by atoms with Crippen LogP contribution in [0.4, 0.5) is 5.69 Å². The lowest BCUT2D eigenvalue weighted by Gasteiger charge is -2.26. The minimum Gasteiger partial charge on any atom is -0.321 e. The van der Waals surface area contributed by atoms with E-state index in [0.717, 1.165) is 16.7 Å². The van der Waals surface area contributed by atoms with Gasteiger partial charge < -0.3 is 5.32 Å². The Kier molecular flexibility index (Phi) is 5.47. The number of amides is 1. The lowest BCUT2D eigenvalue weighted by Crippen LogP contribution is -2.29. The van der Waals surface area contributed by atoms with Crippen molar-refractivity contribution in [2.24, 2.45) is 0 Å². The molecule has 1 heterocycles. The highest BCUT2D eigenvalue weighted by atomic mass is 79.9. The van der Waals surface area contributed by atoms with Gasteiger partial charge in [0.15, 0.2) is 0 Å². The van der Waals surface area contributed by atoms with Gasteiger partial charge in [-0.05, 0) is 71.7 Å². The number of hydrogen-bond acceptors (Lipinski definition) is 2. The average Bonchev–Trinajstić information content (AvgIpc) is 2.58. The molecule has 4 heteroatoms. The summed E-state index contributed by atoms with van der Waals surface area (Å²) in [6.07, 6.45) is 3.95. The van der Waals surface area contributed by atoms with Crippen LogP contribution in [0.3, 0.4) is 0 Å². The molecule has 1 amide bonds. The van der Waals surface area contributed by atoms with Crippen molar-refractivity contribution >= 4 is 27.5 Å². The molecule has 0 saturated carbocycles. The number of likely N-dealkylation sites (tertiary alicyclic amines) is 1. The van der Waals surface area contributed by atoms with E-state index >= 15 is 0 Å². The van der Waals surface area contributed by atoms with E-state index in [4.69, 9.17) is 0 Å². The second-order valence-corrected chi connectivity index (χ2v) is 6.82. The quantitative estimate of drug-likeness (QED) is 0.844. The first-order valence-corrected chi connectivity index (χ1v) is 8.89. The first kappa shape index (κ1) is 16.2. The van der Waals surface area contributed by atoms with Gasteiger partial charge >= 0.3 is 0 Å². The number of anilines is 1. The summed E-state index contributed by atoms with van der Waals surface area (Å²) in [6.45, 7) is 3.35. The van der Waals surface area contributed by atoms with Crippen molar-refractivity contribution < 1.29 is 4.79 Å². The Bertz CT molecular complexity index is 663. The van der Waals surface area contributed by atoms with E-state index < -0.39 is 0 Å². The second kappa shape index (κ2) is 7.75. The van der Waals surface area contributed by atoms with Gasteiger partial charge in [0.25, 0.3) is 5.91 Å². The standard InChI is InChI=1S/C19H21BrN2O/c20-17-6-2-3-7-18(17)21-19(23)16-10-8-15(9-11-16)14-22-12-4-1-5-13-22/h2-3,6-11H,1,4-5,12-14H2,(H,21,23). The predicted molar refractivity (Wildman–Crippen MR) is 97.7 cm³/mol. The summed E-state index contributed by atoms with van der Waals surface area (Å²) >= 11 is 3.44. The van der Waals surface area contributed by atoms with Crippen LogP contribution in [0.1, 0.15) is 35.2 Å². The van der Waals surface area contributed by atoms with Crippen molar-refractivity contribution in [3.05, 3.63) is 64.1 Å². The molecular formula is C19H21BrN2O. The van der Waals surface area contributed by atoms with Gasteiger partial charge in [-0.25, -0.2) is 0 Å². The number of carbonyl (C=O) groups excluding carboxylic acids is 1. The fraction of sp³-hybridized carbons (Fsp3) is 0.316. The zero-order chi connectivity index (χ0) is 16.1. The second-order valence-electron chi connectivity index (χ2n) is 5.97. The van der Waals surface area contributed by atoms with Crippen LogP contribution in [0.25, 0.3) is 0 Å². The Hall–Kier alpha value is -1.65. The Morgan fingerprint density at radius 3 is 2.39 bits per heavy atom. The van der Waals surface area contributed by atoms with Gasteiger partial charge in [0.05, 0.1) is 5.69 Å². The summed E-state index contributed by atoms with van der Waals surface area (Å²) < 4.78 is 0.884. The van der Waals surface area contributed by atoms with Gasteiger partial charge in [-0.2, -0.15) is 0 Å². The largest absolute Gasteiger partial charge is 0.321 e. The molecule has 3 nitrogen and oxygen atoms in total. The van der Waals surface area contributed by atoms with E-state index in [9.17, 15) is 4.79 Å². The maximum Gasteiger partial charge on any atom is 0.255 e. The van der Waals surface area contributed by atoms with Crippen LogP contribution in [0.15, 0.2) is 53.0 Å². The van der Waals surface area contributed by atoms with Crippen LogP contribution < -0.4 is 5.32 Å². The number of rotatable bonds is 4. The summed E-state index contributed by atoms with van der Waals surface area (Å²) in [5, 5.41) is 2.93. The molecule has 2 aromatic carbocycles. The van der Waals surface area contributed by atoms with E-state index in [1.54, 1.807) is 0 Å². The van der Waals surface area contributed by atoms with Gasteiger partial charge in [0, 0.05) is 16.6 Å². The molecular weight excluding hydrogens is 352 g/mol. The van der Waals surface area contributed by atoms with E-state index in [-0.39, 0.29) is 5.91 Å². The summed E-state index contributed by atoms with van der Waals surface area (Å²) in [5.41, 5.74) is 2.74. The van der Waals surface area contributed by atoms with Crippen molar-refractivity contribution in [1.82, 2.24) is 4.90 Å². The zero-order valence-corrected chi connectivity index (χ0v) is 14.7. The first-order chi connectivity index (χ1) is 11.2. The third kappa shape index (κ3) is 4.43. The average molecular weight is 373 g/mol. The number of para-hydroxylation sites is 1. The van der Waals surface area contributed by atoms with Crippen LogP contribution in [0, 0.1) is 0 Å². The minimum absolute atomic E-state index is 0.0820. The van der Waals surface area contributed by atoms with Crippen molar-refractivity contribution in [1.29, 1.82) is 0 Å². The topological polar surface area (TPSA) is 32.3 Å². The molecule has 0 spiro atoms. The number of carbonyl (C=O) groups is 1. The predicted octanol–water partition coefficient (Wildman–Crippen LogP) is 4.69. The molecule has 1 saturated heterocycles. The first-order valence-electron chi connectivity index (χ1n) is 8.09. The van der Waals surface area contributed by atoms with E-state index in [2.05, 4.69) is 38.3 Å². The third-order valence-corrected chi connectivity index (χ3v) is 4.88. The van der Waals surface area contributed by atoms with Gasteiger partial charge in [-0.3, -0.25) is 9.69 Å². The highest BCUT2D eigenvalue weighted by Gasteiger charge is 2.11. The number of nitrogens with one attached hydrogen (secondary N) is 1. The van der Waals surface area contributed by atoms with Crippen LogP contribution in [-0.2, 0) is 6.54 Å². The molecule has 1 aliphatic rings. The number of piperidine rings is 1. The molecule has 0 aliphatic carbocycles. The Balaban J connectivity index is 1.62. The van der Waals surface area contributed by atoms with Crippen LogP contribution in [-0.4, -0.2) is 23.9 Å². The SMILES string of the molecule is O=C(Nc1ccccc1Br)c1ccc(CN2CCCCC2)cc1. The Morgan fingerprint density at radius 2 is 1.70 bits per heavy atom. The molecule has 0 atom stereocenters. The molecule has 23 heavy (non-hydrogen) atoms. The normalized spacial score (nSPS) is 15.3. The van der Waals surface area contributed by atoms with Crippen LogP contribution in [0.2, 0.25) is 0 Å². The molecule has 3 rings (SSSR count). The van der Waals surface area contributed by atoms with Crippen molar-refractivity contribution in [2.75, 3.05) is 18.4 Å². The molecule has 1 fully saturated rings. The third-order valence-electron chi connectivity index (χ3n) is 4.19. The molecule has 0 unspecified atom stereocenters. The van der Waals surface area contributed by atoms with E-state index in [0.29, 0.717) is 5.56 Å². The van der Waals surface area contributed by atoms with E-state index in [1.165, 1.54) is 37.9 Å². The van der Waals surface area contributed by atoms with Crippen LogP contribution >= 0.6 is 15.9 Å². The number of benzene rings is 2. The molecule has 120 valence electrons. The minimum atomic E-state index is -0.0820. The fourth-order valence-corrected chi connectivity index (χ4v) is 3.28. The Morgan fingerprint density at radius 1 is 1.00 bits per heavy atom. The summed E-state index contributed by atoms with van der Waals surface area (Å²) in [7, 11) is 0. The smallest absolute Gasteiger partial charge is 0.255 e. The van der Waals surface area contributed by atoms with Gasteiger partial charge in [-0.15, -0.1) is 0 Å². The Labute approximate surface area is 145 Å². The number of hydrogen-bond donors (Lipinski definition) is 1. The molecule has 0 bridgehead atoms.